The van der Waals surface area contributed by atoms with E-state index >= 15 is 0 Å². The molecular weight excluding hydrogens is 332 g/mol. The fraction of sp³-hybridized carbons (Fsp3) is 0.222. The van der Waals surface area contributed by atoms with Crippen molar-refractivity contribution in [2.45, 2.75) is 19.9 Å². The fourth-order valence-corrected chi connectivity index (χ4v) is 2.58. The van der Waals surface area contributed by atoms with Crippen LogP contribution in [0.3, 0.4) is 0 Å². The summed E-state index contributed by atoms with van der Waals surface area (Å²) in [6, 6.07) is 9.67. The van der Waals surface area contributed by atoms with Gasteiger partial charge in [0.15, 0.2) is 5.65 Å². The van der Waals surface area contributed by atoms with Gasteiger partial charge in [-0.05, 0) is 32.0 Å². The standard InChI is InChI=1S/C18H20N6O2/c1-11-15-9-14(10-19-16(15)24(3)23-11)21-17(25)12(2)20-18(26)22-13-7-5-4-6-8-13/h4-10,12H,1-3H3,(H,21,25)(H2,20,22,26). The van der Waals surface area contributed by atoms with Gasteiger partial charge >= 0.3 is 6.03 Å². The van der Waals surface area contributed by atoms with Crippen LogP contribution in [-0.2, 0) is 11.8 Å². The predicted octanol–water partition coefficient (Wildman–Crippen LogP) is 2.43. The predicted molar refractivity (Wildman–Crippen MR) is 99.9 cm³/mol. The highest BCUT2D eigenvalue weighted by Gasteiger charge is 2.16. The highest BCUT2D eigenvalue weighted by Crippen LogP contribution is 2.19. The van der Waals surface area contributed by atoms with E-state index in [9.17, 15) is 9.59 Å². The number of urea groups is 1. The number of benzene rings is 1. The Morgan fingerprint density at radius 1 is 1.12 bits per heavy atom. The summed E-state index contributed by atoms with van der Waals surface area (Å²) in [4.78, 5) is 28.6. The van der Waals surface area contributed by atoms with Gasteiger partial charge in [0, 0.05) is 18.1 Å². The van der Waals surface area contributed by atoms with Gasteiger partial charge in [-0.25, -0.2) is 9.78 Å². The molecule has 1 unspecified atom stereocenters. The summed E-state index contributed by atoms with van der Waals surface area (Å²) in [7, 11) is 1.82. The van der Waals surface area contributed by atoms with Crippen LogP contribution in [0.5, 0.6) is 0 Å². The number of hydrogen-bond donors (Lipinski definition) is 3. The molecule has 0 spiro atoms. The average Bonchev–Trinajstić information content (AvgIpc) is 2.89. The van der Waals surface area contributed by atoms with Crippen LogP contribution in [0.15, 0.2) is 42.6 Å². The normalized spacial score (nSPS) is 11.8. The molecule has 134 valence electrons. The molecule has 0 bridgehead atoms. The van der Waals surface area contributed by atoms with Crippen LogP contribution >= 0.6 is 0 Å². The topological polar surface area (TPSA) is 101 Å². The van der Waals surface area contributed by atoms with Gasteiger partial charge in [0.2, 0.25) is 5.91 Å². The zero-order valence-corrected chi connectivity index (χ0v) is 14.8. The van der Waals surface area contributed by atoms with E-state index in [1.165, 1.54) is 0 Å². The summed E-state index contributed by atoms with van der Waals surface area (Å²) < 4.78 is 1.69. The first-order valence-corrected chi connectivity index (χ1v) is 8.17. The van der Waals surface area contributed by atoms with Crippen molar-refractivity contribution in [3.8, 4) is 0 Å². The van der Waals surface area contributed by atoms with Crippen molar-refractivity contribution in [2.75, 3.05) is 10.6 Å². The van der Waals surface area contributed by atoms with Gasteiger partial charge in [0.25, 0.3) is 0 Å². The lowest BCUT2D eigenvalue weighted by molar-refractivity contribution is -0.117. The molecule has 0 saturated heterocycles. The second-order valence-electron chi connectivity index (χ2n) is 5.98. The van der Waals surface area contributed by atoms with Crippen molar-refractivity contribution in [1.82, 2.24) is 20.1 Å². The maximum atomic E-state index is 12.3. The largest absolute Gasteiger partial charge is 0.326 e. The highest BCUT2D eigenvalue weighted by molar-refractivity contribution is 5.99. The van der Waals surface area contributed by atoms with Gasteiger partial charge in [-0.15, -0.1) is 0 Å². The van der Waals surface area contributed by atoms with Crippen LogP contribution in [0.1, 0.15) is 12.6 Å². The third-order valence-corrected chi connectivity index (χ3v) is 3.90. The van der Waals surface area contributed by atoms with Crippen LogP contribution in [0.4, 0.5) is 16.2 Å². The fourth-order valence-electron chi connectivity index (χ4n) is 2.58. The molecule has 0 saturated carbocycles. The van der Waals surface area contributed by atoms with Crippen molar-refractivity contribution < 1.29 is 9.59 Å². The molecule has 3 amide bonds. The summed E-state index contributed by atoms with van der Waals surface area (Å²) in [6.07, 6.45) is 1.57. The van der Waals surface area contributed by atoms with Crippen LogP contribution < -0.4 is 16.0 Å². The van der Waals surface area contributed by atoms with Crippen molar-refractivity contribution in [3.05, 3.63) is 48.3 Å². The van der Waals surface area contributed by atoms with Gasteiger partial charge < -0.3 is 16.0 Å². The second kappa shape index (κ2) is 7.22. The van der Waals surface area contributed by atoms with Gasteiger partial charge in [0.1, 0.15) is 6.04 Å². The van der Waals surface area contributed by atoms with Crippen molar-refractivity contribution in [2.24, 2.45) is 7.05 Å². The number of amides is 3. The Bertz CT molecular complexity index is 951. The number of nitrogens with zero attached hydrogens (tertiary/aromatic N) is 3. The molecule has 3 rings (SSSR count). The molecule has 1 atom stereocenters. The summed E-state index contributed by atoms with van der Waals surface area (Å²) >= 11 is 0. The van der Waals surface area contributed by atoms with Crippen LogP contribution in [0.25, 0.3) is 11.0 Å². The quantitative estimate of drug-likeness (QED) is 0.671. The lowest BCUT2D eigenvalue weighted by atomic mass is 10.2. The smallest absolute Gasteiger partial charge is 0.319 e. The molecule has 0 aliphatic heterocycles. The summed E-state index contributed by atoms with van der Waals surface area (Å²) in [5, 5.41) is 13.2. The zero-order chi connectivity index (χ0) is 18.7. The third kappa shape index (κ3) is 3.80. The van der Waals surface area contributed by atoms with Crippen LogP contribution in [0, 0.1) is 6.92 Å². The first-order chi connectivity index (χ1) is 12.4. The minimum Gasteiger partial charge on any atom is -0.326 e. The third-order valence-electron chi connectivity index (χ3n) is 3.90. The van der Waals surface area contributed by atoms with E-state index in [-0.39, 0.29) is 5.91 Å². The van der Waals surface area contributed by atoms with Gasteiger partial charge in [-0.2, -0.15) is 5.10 Å². The molecule has 3 aromatic rings. The number of carbonyl (C=O) groups is 2. The van der Waals surface area contributed by atoms with Crippen molar-refractivity contribution in [1.29, 1.82) is 0 Å². The van der Waals surface area contributed by atoms with E-state index in [4.69, 9.17) is 0 Å². The molecule has 8 nitrogen and oxygen atoms in total. The molecular formula is C18H20N6O2. The molecule has 2 aromatic heterocycles. The lowest BCUT2D eigenvalue weighted by Crippen LogP contribution is -2.43. The first-order valence-electron chi connectivity index (χ1n) is 8.17. The van der Waals surface area contributed by atoms with Crippen LogP contribution in [-0.4, -0.2) is 32.7 Å². The first kappa shape index (κ1) is 17.4. The maximum Gasteiger partial charge on any atom is 0.319 e. The Balaban J connectivity index is 1.62. The highest BCUT2D eigenvalue weighted by atomic mass is 16.2. The van der Waals surface area contributed by atoms with E-state index in [0.29, 0.717) is 11.4 Å². The molecule has 0 fully saturated rings. The van der Waals surface area contributed by atoms with E-state index in [0.717, 1.165) is 16.7 Å². The molecule has 8 heteroatoms. The zero-order valence-electron chi connectivity index (χ0n) is 14.8. The average molecular weight is 352 g/mol. The Morgan fingerprint density at radius 2 is 1.85 bits per heavy atom. The molecule has 2 heterocycles. The molecule has 26 heavy (non-hydrogen) atoms. The lowest BCUT2D eigenvalue weighted by Gasteiger charge is -2.14. The number of anilines is 2. The van der Waals surface area contributed by atoms with Gasteiger partial charge in [-0.1, -0.05) is 18.2 Å². The monoisotopic (exact) mass is 352 g/mol. The summed E-state index contributed by atoms with van der Waals surface area (Å²) in [6.45, 7) is 3.49. The number of hydrogen-bond acceptors (Lipinski definition) is 4. The number of carbonyl (C=O) groups excluding carboxylic acids is 2. The Labute approximate surface area is 150 Å². The second-order valence-corrected chi connectivity index (χ2v) is 5.98. The minimum atomic E-state index is -0.718. The van der Waals surface area contributed by atoms with Crippen LogP contribution in [0.2, 0.25) is 0 Å². The minimum absolute atomic E-state index is 0.337. The Kier molecular flexibility index (Phi) is 4.83. The van der Waals surface area contributed by atoms with Crippen molar-refractivity contribution in [3.63, 3.8) is 0 Å². The Hall–Kier alpha value is -3.42. The maximum absolute atomic E-state index is 12.3. The van der Waals surface area contributed by atoms with E-state index in [2.05, 4.69) is 26.0 Å². The SMILES string of the molecule is Cc1nn(C)c2ncc(NC(=O)C(C)NC(=O)Nc3ccccc3)cc12. The number of rotatable bonds is 4. The summed E-state index contributed by atoms with van der Waals surface area (Å²) in [5.41, 5.74) is 2.78. The number of pyridine rings is 1. The number of aryl methyl sites for hydroxylation is 2. The molecule has 0 aliphatic rings. The van der Waals surface area contributed by atoms with E-state index in [1.54, 1.807) is 29.9 Å². The molecule has 0 radical (unpaired) electrons. The number of aromatic nitrogens is 3. The molecule has 1 aromatic carbocycles. The number of nitrogens with one attached hydrogen (secondary N) is 3. The van der Waals surface area contributed by atoms with Crippen molar-refractivity contribution >= 4 is 34.3 Å². The van der Waals surface area contributed by atoms with Gasteiger partial charge in [0.05, 0.1) is 17.6 Å². The van der Waals surface area contributed by atoms with Gasteiger partial charge in [-0.3, -0.25) is 9.48 Å². The molecule has 0 aliphatic carbocycles. The Morgan fingerprint density at radius 3 is 2.58 bits per heavy atom. The summed E-state index contributed by atoms with van der Waals surface area (Å²) in [5.74, 6) is -0.337. The number of para-hydroxylation sites is 1. The number of fused-ring (bicyclic) bond motifs is 1. The van der Waals surface area contributed by atoms with E-state index in [1.807, 2.05) is 38.2 Å². The van der Waals surface area contributed by atoms with E-state index < -0.39 is 12.1 Å². The molecule has 3 N–H and O–H groups in total.